The van der Waals surface area contributed by atoms with Crippen LogP contribution < -0.4 is 4.90 Å². The number of nitrogens with zero attached hydrogens (tertiary/aromatic N) is 1. The van der Waals surface area contributed by atoms with Crippen molar-refractivity contribution in [2.75, 3.05) is 4.90 Å². The Morgan fingerprint density at radius 2 is 1.26 bits per heavy atom. The Labute approximate surface area is 159 Å². The Balaban J connectivity index is 2.15. The van der Waals surface area contributed by atoms with E-state index >= 15 is 0 Å². The van der Waals surface area contributed by atoms with E-state index in [1.807, 2.05) is 88.4 Å². The molecule has 2 aromatic rings. The number of rotatable bonds is 7. The molecule has 1 aliphatic rings. The maximum atomic E-state index is 13.0. The van der Waals surface area contributed by atoms with Crippen LogP contribution in [0, 0.1) is 0 Å². The minimum absolute atomic E-state index is 0.0815. The summed E-state index contributed by atoms with van der Waals surface area (Å²) >= 11 is 0. The molecule has 1 aliphatic carbocycles. The van der Waals surface area contributed by atoms with Crippen LogP contribution in [-0.4, -0.2) is 28.8 Å². The number of Topliss-reactive ketones (excluding diaryl/α,β-unsaturated/α-hetero) is 1. The van der Waals surface area contributed by atoms with Gasteiger partial charge in [0, 0.05) is 11.4 Å². The van der Waals surface area contributed by atoms with Crippen molar-refractivity contribution in [1.29, 1.82) is 0 Å². The molecule has 27 heavy (non-hydrogen) atoms. The van der Waals surface area contributed by atoms with Crippen molar-refractivity contribution in [3.8, 4) is 0 Å². The molecule has 0 aliphatic heterocycles. The minimum Gasteiger partial charge on any atom is -0.486 e. The van der Waals surface area contributed by atoms with Gasteiger partial charge >= 0.3 is 0 Å². The molecule has 5 heteroatoms. The van der Waals surface area contributed by atoms with Crippen LogP contribution in [0.1, 0.15) is 27.7 Å². The first kappa shape index (κ1) is 19.0. The van der Waals surface area contributed by atoms with Crippen molar-refractivity contribution in [3.63, 3.8) is 0 Å². The molecule has 1 unspecified atom stereocenters. The van der Waals surface area contributed by atoms with E-state index in [9.17, 15) is 9.90 Å². The summed E-state index contributed by atoms with van der Waals surface area (Å²) in [6.45, 7) is 7.35. The molecule has 2 aromatic carbocycles. The SMILES string of the molecule is CC(C)OC1=C(OC(C)C)C(O)(N(c2ccccc2)c2ccccc2)C1=O. The lowest BCUT2D eigenvalue weighted by Gasteiger charge is -2.46. The van der Waals surface area contributed by atoms with Crippen LogP contribution >= 0.6 is 0 Å². The number of ketones is 1. The van der Waals surface area contributed by atoms with Gasteiger partial charge in [-0.2, -0.15) is 0 Å². The summed E-state index contributed by atoms with van der Waals surface area (Å²) in [6, 6.07) is 18.6. The van der Waals surface area contributed by atoms with Gasteiger partial charge in [-0.25, -0.2) is 0 Å². The summed E-state index contributed by atoms with van der Waals surface area (Å²) in [7, 11) is 0. The highest BCUT2D eigenvalue weighted by Crippen LogP contribution is 2.46. The molecule has 1 atom stereocenters. The Kier molecular flexibility index (Phi) is 5.24. The largest absolute Gasteiger partial charge is 0.486 e. The fourth-order valence-corrected chi connectivity index (χ4v) is 3.05. The molecular weight excluding hydrogens is 342 g/mol. The third-order valence-electron chi connectivity index (χ3n) is 4.11. The fraction of sp³-hybridized carbons (Fsp3) is 0.318. The number of benzene rings is 2. The van der Waals surface area contributed by atoms with E-state index in [-0.39, 0.29) is 23.7 Å². The fourth-order valence-electron chi connectivity index (χ4n) is 3.05. The molecule has 5 nitrogen and oxygen atoms in total. The second kappa shape index (κ2) is 7.45. The topological polar surface area (TPSA) is 59.0 Å². The van der Waals surface area contributed by atoms with E-state index in [0.717, 1.165) is 0 Å². The average Bonchev–Trinajstić information content (AvgIpc) is 2.66. The third kappa shape index (κ3) is 3.43. The van der Waals surface area contributed by atoms with Crippen LogP contribution in [0.4, 0.5) is 11.4 Å². The van der Waals surface area contributed by atoms with E-state index in [2.05, 4.69) is 0 Å². The molecule has 142 valence electrons. The standard InChI is InChI=1S/C22H25NO4/c1-15(2)26-19-20(24)22(25,21(19)27-16(3)4)23(17-11-7-5-8-12-17)18-13-9-6-10-14-18/h5-16,25H,1-4H3. The van der Waals surface area contributed by atoms with Crippen molar-refractivity contribution in [2.24, 2.45) is 0 Å². The molecule has 0 radical (unpaired) electrons. The second-order valence-corrected chi connectivity index (χ2v) is 7.00. The Hall–Kier alpha value is -2.79. The first-order valence-electron chi connectivity index (χ1n) is 9.11. The van der Waals surface area contributed by atoms with Crippen molar-refractivity contribution in [2.45, 2.75) is 45.6 Å². The van der Waals surface area contributed by atoms with Gasteiger partial charge < -0.3 is 14.6 Å². The molecular formula is C22H25NO4. The monoisotopic (exact) mass is 367 g/mol. The van der Waals surface area contributed by atoms with Gasteiger partial charge in [-0.3, -0.25) is 9.69 Å². The number of anilines is 2. The van der Waals surface area contributed by atoms with Crippen molar-refractivity contribution < 1.29 is 19.4 Å². The van der Waals surface area contributed by atoms with Gasteiger partial charge in [-0.05, 0) is 52.0 Å². The average molecular weight is 367 g/mol. The molecule has 0 bridgehead atoms. The summed E-state index contributed by atoms with van der Waals surface area (Å²) in [5.41, 5.74) is -0.613. The Morgan fingerprint density at radius 1 is 0.815 bits per heavy atom. The van der Waals surface area contributed by atoms with Crippen LogP contribution in [0.3, 0.4) is 0 Å². The van der Waals surface area contributed by atoms with E-state index < -0.39 is 11.5 Å². The van der Waals surface area contributed by atoms with Gasteiger partial charge in [-0.1, -0.05) is 36.4 Å². The molecule has 0 fully saturated rings. The van der Waals surface area contributed by atoms with E-state index in [1.165, 1.54) is 0 Å². The highest BCUT2D eigenvalue weighted by atomic mass is 16.6. The zero-order valence-electron chi connectivity index (χ0n) is 16.0. The molecule has 0 heterocycles. The highest BCUT2D eigenvalue weighted by Gasteiger charge is 2.62. The predicted octanol–water partition coefficient (Wildman–Crippen LogP) is 4.16. The number of carbonyl (C=O) groups excluding carboxylic acids is 1. The van der Waals surface area contributed by atoms with Crippen molar-refractivity contribution in [3.05, 3.63) is 72.2 Å². The molecule has 0 saturated carbocycles. The molecule has 1 N–H and O–H groups in total. The predicted molar refractivity (Wildman–Crippen MR) is 104 cm³/mol. The number of carbonyl (C=O) groups is 1. The summed E-state index contributed by atoms with van der Waals surface area (Å²) < 4.78 is 11.5. The van der Waals surface area contributed by atoms with Gasteiger partial charge in [0.25, 0.3) is 11.5 Å². The highest BCUT2D eigenvalue weighted by molar-refractivity contribution is 6.13. The lowest BCUT2D eigenvalue weighted by molar-refractivity contribution is -0.149. The lowest BCUT2D eigenvalue weighted by atomic mass is 9.87. The lowest BCUT2D eigenvalue weighted by Crippen LogP contribution is -2.63. The van der Waals surface area contributed by atoms with Crippen LogP contribution in [0.25, 0.3) is 0 Å². The smallest absolute Gasteiger partial charge is 0.274 e. The normalized spacial score (nSPS) is 19.3. The quantitative estimate of drug-likeness (QED) is 0.745. The van der Waals surface area contributed by atoms with Crippen LogP contribution in [0.15, 0.2) is 72.2 Å². The van der Waals surface area contributed by atoms with Crippen molar-refractivity contribution >= 4 is 17.2 Å². The minimum atomic E-state index is -1.96. The summed E-state index contributed by atoms with van der Waals surface area (Å²) in [6.07, 6.45) is -0.431. The number of aliphatic hydroxyl groups is 1. The molecule has 0 spiro atoms. The summed E-state index contributed by atoms with van der Waals surface area (Å²) in [4.78, 5) is 14.6. The molecule has 0 saturated heterocycles. The van der Waals surface area contributed by atoms with Gasteiger partial charge in [0.15, 0.2) is 0 Å². The Morgan fingerprint density at radius 3 is 1.67 bits per heavy atom. The zero-order valence-corrected chi connectivity index (χ0v) is 16.0. The van der Waals surface area contributed by atoms with E-state index in [1.54, 1.807) is 4.90 Å². The maximum absolute atomic E-state index is 13.0. The van der Waals surface area contributed by atoms with Gasteiger partial charge in [-0.15, -0.1) is 0 Å². The van der Waals surface area contributed by atoms with E-state index in [4.69, 9.17) is 9.47 Å². The van der Waals surface area contributed by atoms with Gasteiger partial charge in [0.1, 0.15) is 0 Å². The van der Waals surface area contributed by atoms with Crippen molar-refractivity contribution in [1.82, 2.24) is 0 Å². The number of hydrogen-bond acceptors (Lipinski definition) is 5. The van der Waals surface area contributed by atoms with Gasteiger partial charge in [0.2, 0.25) is 11.5 Å². The van der Waals surface area contributed by atoms with Crippen LogP contribution in [-0.2, 0) is 14.3 Å². The molecule has 0 aromatic heterocycles. The van der Waals surface area contributed by atoms with E-state index in [0.29, 0.717) is 11.4 Å². The van der Waals surface area contributed by atoms with Crippen LogP contribution in [0.5, 0.6) is 0 Å². The van der Waals surface area contributed by atoms with Crippen LogP contribution in [0.2, 0.25) is 0 Å². The zero-order chi connectivity index (χ0) is 19.6. The molecule has 0 amide bonds. The maximum Gasteiger partial charge on any atom is 0.274 e. The van der Waals surface area contributed by atoms with Gasteiger partial charge in [0.05, 0.1) is 12.2 Å². The Bertz CT molecular complexity index is 790. The number of para-hydroxylation sites is 2. The first-order valence-corrected chi connectivity index (χ1v) is 9.11. The second-order valence-electron chi connectivity index (χ2n) is 7.00. The summed E-state index contributed by atoms with van der Waals surface area (Å²) in [5.74, 6) is -0.290. The number of hydrogen-bond donors (Lipinski definition) is 1. The summed E-state index contributed by atoms with van der Waals surface area (Å²) in [5, 5.41) is 11.6. The molecule has 3 rings (SSSR count). The third-order valence-corrected chi connectivity index (χ3v) is 4.11. The number of ether oxygens (including phenoxy) is 2. The first-order chi connectivity index (χ1) is 12.9.